The zero-order valence-electron chi connectivity index (χ0n) is 17.7. The average Bonchev–Trinajstić information content (AvgIpc) is 3.11. The van der Waals surface area contributed by atoms with Gasteiger partial charge in [-0.3, -0.25) is 4.79 Å². The predicted octanol–water partition coefficient (Wildman–Crippen LogP) is 4.08. The smallest absolute Gasteiger partial charge is 0.219 e. The molecule has 1 atom stereocenters. The first kappa shape index (κ1) is 19.5. The molecule has 1 aliphatic heterocycles. The lowest BCUT2D eigenvalue weighted by atomic mass is 9.89. The molecule has 0 bridgehead atoms. The van der Waals surface area contributed by atoms with Gasteiger partial charge >= 0.3 is 0 Å². The lowest BCUT2D eigenvalue weighted by Crippen LogP contribution is -2.48. The first-order chi connectivity index (χ1) is 14.6. The summed E-state index contributed by atoms with van der Waals surface area (Å²) in [4.78, 5) is 28.8. The van der Waals surface area contributed by atoms with Gasteiger partial charge in [-0.05, 0) is 36.3 Å². The quantitative estimate of drug-likeness (QED) is 0.641. The summed E-state index contributed by atoms with van der Waals surface area (Å²) in [6, 6.07) is 10.5. The summed E-state index contributed by atoms with van der Waals surface area (Å²) in [6.07, 6.45) is 4.26. The summed E-state index contributed by atoms with van der Waals surface area (Å²) in [5.41, 5.74) is 2.71. The number of carbonyl (C=O) groups excluding carboxylic acids is 1. The lowest BCUT2D eigenvalue weighted by Gasteiger charge is -2.35. The second-order valence-electron chi connectivity index (χ2n) is 8.65. The van der Waals surface area contributed by atoms with Crippen LogP contribution in [0.25, 0.3) is 10.2 Å². The lowest BCUT2D eigenvalue weighted by molar-refractivity contribution is -0.129. The molecular formula is C24H28N4OS. The molecule has 1 saturated heterocycles. The van der Waals surface area contributed by atoms with E-state index in [4.69, 9.17) is 9.97 Å². The van der Waals surface area contributed by atoms with E-state index in [9.17, 15) is 4.79 Å². The van der Waals surface area contributed by atoms with Crippen LogP contribution < -0.4 is 4.90 Å². The molecule has 1 aliphatic carbocycles. The zero-order valence-corrected chi connectivity index (χ0v) is 18.5. The van der Waals surface area contributed by atoms with Crippen molar-refractivity contribution in [3.05, 3.63) is 52.2 Å². The van der Waals surface area contributed by atoms with Crippen LogP contribution in [0, 0.1) is 5.92 Å². The van der Waals surface area contributed by atoms with E-state index in [1.54, 1.807) is 6.92 Å². The Balaban J connectivity index is 1.56. The van der Waals surface area contributed by atoms with Crippen molar-refractivity contribution in [3.63, 3.8) is 0 Å². The van der Waals surface area contributed by atoms with Gasteiger partial charge in [-0.25, -0.2) is 9.97 Å². The minimum atomic E-state index is 0.161. The fourth-order valence-electron chi connectivity index (χ4n) is 4.69. The summed E-state index contributed by atoms with van der Waals surface area (Å²) >= 11 is 1.87. The van der Waals surface area contributed by atoms with Gasteiger partial charge in [0.1, 0.15) is 16.5 Å². The van der Waals surface area contributed by atoms with Gasteiger partial charge in [-0.2, -0.15) is 0 Å². The third kappa shape index (κ3) is 3.69. The Kier molecular flexibility index (Phi) is 5.19. The summed E-state index contributed by atoms with van der Waals surface area (Å²) in [7, 11) is 0. The summed E-state index contributed by atoms with van der Waals surface area (Å²) < 4.78 is 0. The van der Waals surface area contributed by atoms with E-state index in [0.29, 0.717) is 0 Å². The van der Waals surface area contributed by atoms with Crippen LogP contribution in [-0.4, -0.2) is 47.0 Å². The molecule has 0 radical (unpaired) electrons. The average molecular weight is 421 g/mol. The largest absolute Gasteiger partial charge is 0.352 e. The number of hydrogen-bond acceptors (Lipinski definition) is 5. The Hall–Kier alpha value is -2.47. The SMILES string of the molecule is CC(=O)N1CCN(c2nc(Cc3ccccc3)nc3sc4c(c23)CC[C@H](C)C4)CC1. The Bertz CT molecular complexity index is 1070. The van der Waals surface area contributed by atoms with Crippen molar-refractivity contribution in [2.75, 3.05) is 31.1 Å². The molecule has 2 aromatic heterocycles. The standard InChI is InChI=1S/C24H28N4OS/c1-16-8-9-19-20(14-16)30-24-22(19)23(28-12-10-27(11-13-28)17(2)29)25-21(26-24)15-18-6-4-3-5-7-18/h3-7,16H,8-15H2,1-2H3/t16-/m0/s1. The van der Waals surface area contributed by atoms with E-state index in [1.165, 1.54) is 27.8 Å². The van der Waals surface area contributed by atoms with Gasteiger partial charge < -0.3 is 9.80 Å². The molecule has 2 aliphatic rings. The summed E-state index contributed by atoms with van der Waals surface area (Å²) in [5.74, 6) is 2.88. The number of fused-ring (bicyclic) bond motifs is 3. The Labute approximate surface area is 181 Å². The summed E-state index contributed by atoms with van der Waals surface area (Å²) in [6.45, 7) is 7.19. The highest BCUT2D eigenvalue weighted by atomic mass is 32.1. The maximum Gasteiger partial charge on any atom is 0.219 e. The maximum atomic E-state index is 11.8. The fourth-order valence-corrected chi connectivity index (χ4v) is 6.08. The number of amides is 1. The first-order valence-electron chi connectivity index (χ1n) is 10.9. The van der Waals surface area contributed by atoms with Gasteiger partial charge in [0.05, 0.1) is 5.39 Å². The molecule has 156 valence electrons. The Morgan fingerprint density at radius 3 is 2.63 bits per heavy atom. The molecule has 3 aromatic rings. The molecule has 5 nitrogen and oxygen atoms in total. The molecule has 1 fully saturated rings. The highest BCUT2D eigenvalue weighted by Gasteiger charge is 2.28. The molecule has 6 heteroatoms. The van der Waals surface area contributed by atoms with Crippen LogP contribution >= 0.6 is 11.3 Å². The van der Waals surface area contributed by atoms with Crippen molar-refractivity contribution in [3.8, 4) is 0 Å². The van der Waals surface area contributed by atoms with Crippen LogP contribution in [0.1, 0.15) is 42.1 Å². The molecule has 3 heterocycles. The van der Waals surface area contributed by atoms with Crippen molar-refractivity contribution in [1.82, 2.24) is 14.9 Å². The minimum absolute atomic E-state index is 0.161. The molecule has 0 saturated carbocycles. The highest BCUT2D eigenvalue weighted by Crippen LogP contribution is 2.41. The van der Waals surface area contributed by atoms with Gasteiger partial charge in [0.2, 0.25) is 5.91 Å². The van der Waals surface area contributed by atoms with Crippen molar-refractivity contribution in [2.24, 2.45) is 5.92 Å². The predicted molar refractivity (Wildman–Crippen MR) is 122 cm³/mol. The number of aryl methyl sites for hydroxylation is 1. The number of thiophene rings is 1. The fraction of sp³-hybridized carbons (Fsp3) is 0.458. The van der Waals surface area contributed by atoms with E-state index < -0.39 is 0 Å². The van der Waals surface area contributed by atoms with E-state index in [-0.39, 0.29) is 5.91 Å². The van der Waals surface area contributed by atoms with Crippen LogP contribution in [0.3, 0.4) is 0 Å². The van der Waals surface area contributed by atoms with Gasteiger partial charge in [0.25, 0.3) is 0 Å². The zero-order chi connectivity index (χ0) is 20.7. The highest BCUT2D eigenvalue weighted by molar-refractivity contribution is 7.19. The normalized spacial score (nSPS) is 19.2. The van der Waals surface area contributed by atoms with Gasteiger partial charge in [-0.1, -0.05) is 37.3 Å². The number of piperazine rings is 1. The van der Waals surface area contributed by atoms with Crippen LogP contribution in [-0.2, 0) is 24.1 Å². The molecule has 0 spiro atoms. The van der Waals surface area contributed by atoms with E-state index in [0.717, 1.165) is 67.8 Å². The monoisotopic (exact) mass is 420 g/mol. The van der Waals surface area contributed by atoms with Gasteiger partial charge in [0, 0.05) is 44.4 Å². The first-order valence-corrected chi connectivity index (χ1v) is 11.8. The van der Waals surface area contributed by atoms with Gasteiger partial charge in [0.15, 0.2) is 0 Å². The van der Waals surface area contributed by atoms with Crippen LogP contribution in [0.15, 0.2) is 30.3 Å². The number of benzene rings is 1. The van der Waals surface area contributed by atoms with Crippen LogP contribution in [0.5, 0.6) is 0 Å². The summed E-state index contributed by atoms with van der Waals surface area (Å²) in [5, 5.41) is 1.27. The van der Waals surface area contributed by atoms with Crippen molar-refractivity contribution in [2.45, 2.75) is 39.5 Å². The van der Waals surface area contributed by atoms with Crippen molar-refractivity contribution >= 4 is 33.3 Å². The molecule has 0 N–H and O–H groups in total. The Morgan fingerprint density at radius 1 is 1.13 bits per heavy atom. The molecular weight excluding hydrogens is 392 g/mol. The second kappa shape index (κ2) is 7.99. The Morgan fingerprint density at radius 2 is 1.90 bits per heavy atom. The second-order valence-corrected chi connectivity index (χ2v) is 9.73. The van der Waals surface area contributed by atoms with Crippen molar-refractivity contribution < 1.29 is 4.79 Å². The number of hydrogen-bond donors (Lipinski definition) is 0. The maximum absolute atomic E-state index is 11.8. The van der Waals surface area contributed by atoms with E-state index in [1.807, 2.05) is 22.3 Å². The molecule has 0 unspecified atom stereocenters. The third-order valence-corrected chi connectivity index (χ3v) is 7.56. The molecule has 30 heavy (non-hydrogen) atoms. The van der Waals surface area contributed by atoms with Gasteiger partial charge in [-0.15, -0.1) is 11.3 Å². The van der Waals surface area contributed by atoms with Crippen LogP contribution in [0.4, 0.5) is 5.82 Å². The minimum Gasteiger partial charge on any atom is -0.352 e. The number of carbonyl (C=O) groups is 1. The molecule has 5 rings (SSSR count). The number of rotatable bonds is 3. The van der Waals surface area contributed by atoms with Crippen molar-refractivity contribution in [1.29, 1.82) is 0 Å². The third-order valence-electron chi connectivity index (χ3n) is 6.41. The van der Waals surface area contributed by atoms with E-state index >= 15 is 0 Å². The van der Waals surface area contributed by atoms with E-state index in [2.05, 4.69) is 36.1 Å². The van der Waals surface area contributed by atoms with Crippen LogP contribution in [0.2, 0.25) is 0 Å². The number of nitrogens with zero attached hydrogens (tertiary/aromatic N) is 4. The molecule has 1 amide bonds. The number of anilines is 1. The topological polar surface area (TPSA) is 49.3 Å². The molecule has 1 aromatic carbocycles. The number of aromatic nitrogens is 2.